The lowest BCUT2D eigenvalue weighted by Crippen LogP contribution is -2.47. The first kappa shape index (κ1) is 26.3. The molecule has 202 valence electrons. The Hall–Kier alpha value is -4.31. The van der Waals surface area contributed by atoms with E-state index in [-0.39, 0.29) is 16.1 Å². The number of methoxy groups -OCH3 is 1. The summed E-state index contributed by atoms with van der Waals surface area (Å²) < 4.78 is 34.3. The standard InChI is InChI=1S/C29H30N4O5S/c1-19-8-9-20(2)27(16-19)39(36,37)31-21-10-11-24-22(17-21)23(29(34)35)18-28(30-24)33-14-12-32(13-15-33)25-6-4-5-7-26(25)38-3/h4-11,16-18,31H,12-15H2,1-3H3,(H,34,35). The number of nitrogens with one attached hydrogen (secondary N) is 1. The van der Waals surface area contributed by atoms with Gasteiger partial charge in [-0.15, -0.1) is 0 Å². The average molecular weight is 547 g/mol. The molecule has 0 atom stereocenters. The average Bonchev–Trinajstić information content (AvgIpc) is 2.93. The Bertz CT molecular complexity index is 1660. The molecule has 0 saturated carbocycles. The molecule has 1 aromatic heterocycles. The number of aromatic carboxylic acids is 1. The van der Waals surface area contributed by atoms with E-state index < -0.39 is 16.0 Å². The number of benzene rings is 3. The van der Waals surface area contributed by atoms with Crippen LogP contribution in [-0.2, 0) is 10.0 Å². The number of rotatable bonds is 7. The van der Waals surface area contributed by atoms with Gasteiger partial charge in [0.05, 0.1) is 28.8 Å². The third-order valence-corrected chi connectivity index (χ3v) is 8.46. The molecule has 0 radical (unpaired) electrons. The van der Waals surface area contributed by atoms with Crippen LogP contribution in [0.3, 0.4) is 0 Å². The number of aryl methyl sites for hydroxylation is 2. The number of hydrogen-bond acceptors (Lipinski definition) is 7. The van der Waals surface area contributed by atoms with Crippen molar-refractivity contribution < 1.29 is 23.1 Å². The number of carboxylic acids is 1. The Morgan fingerprint density at radius 2 is 1.67 bits per heavy atom. The number of sulfonamides is 1. The molecule has 0 aliphatic carbocycles. The Morgan fingerprint density at radius 1 is 0.949 bits per heavy atom. The molecule has 2 N–H and O–H groups in total. The summed E-state index contributed by atoms with van der Waals surface area (Å²) in [5.41, 5.74) is 3.28. The molecule has 0 spiro atoms. The molecule has 39 heavy (non-hydrogen) atoms. The summed E-state index contributed by atoms with van der Waals surface area (Å²) in [4.78, 5) is 21.5. The third kappa shape index (κ3) is 5.33. The molecule has 0 bridgehead atoms. The van der Waals surface area contributed by atoms with Crippen LogP contribution in [-0.4, -0.2) is 57.8 Å². The maximum atomic E-state index is 13.1. The highest BCUT2D eigenvalue weighted by atomic mass is 32.2. The SMILES string of the molecule is COc1ccccc1N1CCN(c2cc(C(=O)O)c3cc(NS(=O)(=O)c4cc(C)ccc4C)ccc3n2)CC1. The van der Waals surface area contributed by atoms with Crippen molar-refractivity contribution in [2.24, 2.45) is 0 Å². The van der Waals surface area contributed by atoms with Gasteiger partial charge in [-0.2, -0.15) is 0 Å². The highest BCUT2D eigenvalue weighted by Crippen LogP contribution is 2.31. The van der Waals surface area contributed by atoms with Crippen molar-refractivity contribution in [1.29, 1.82) is 0 Å². The van der Waals surface area contributed by atoms with Crippen molar-refractivity contribution in [3.63, 3.8) is 0 Å². The third-order valence-electron chi connectivity index (χ3n) is 6.94. The van der Waals surface area contributed by atoms with Crippen molar-refractivity contribution in [3.05, 3.63) is 83.4 Å². The summed E-state index contributed by atoms with van der Waals surface area (Å²) in [7, 11) is -2.21. The van der Waals surface area contributed by atoms with Crippen molar-refractivity contribution >= 4 is 44.1 Å². The fourth-order valence-corrected chi connectivity index (χ4v) is 6.27. The van der Waals surface area contributed by atoms with Gasteiger partial charge in [0.2, 0.25) is 0 Å². The lowest BCUT2D eigenvalue weighted by Gasteiger charge is -2.37. The van der Waals surface area contributed by atoms with Crippen LogP contribution in [0.2, 0.25) is 0 Å². The van der Waals surface area contributed by atoms with E-state index in [2.05, 4.69) is 14.5 Å². The van der Waals surface area contributed by atoms with Crippen LogP contribution in [0.1, 0.15) is 21.5 Å². The number of fused-ring (bicyclic) bond motifs is 1. The molecule has 1 aliphatic rings. The molecule has 10 heteroatoms. The van der Waals surface area contributed by atoms with Gasteiger partial charge in [0, 0.05) is 37.3 Å². The maximum Gasteiger partial charge on any atom is 0.336 e. The molecule has 1 saturated heterocycles. The minimum absolute atomic E-state index is 0.0648. The highest BCUT2D eigenvalue weighted by Gasteiger charge is 2.23. The molecule has 0 unspecified atom stereocenters. The van der Waals surface area contributed by atoms with E-state index in [4.69, 9.17) is 9.72 Å². The first-order valence-electron chi connectivity index (χ1n) is 12.6. The van der Waals surface area contributed by atoms with Crippen molar-refractivity contribution in [3.8, 4) is 5.75 Å². The number of para-hydroxylation sites is 2. The van der Waals surface area contributed by atoms with E-state index in [9.17, 15) is 18.3 Å². The van der Waals surface area contributed by atoms with Gasteiger partial charge in [-0.1, -0.05) is 24.3 Å². The summed E-state index contributed by atoms with van der Waals surface area (Å²) in [6.45, 7) is 6.32. The summed E-state index contributed by atoms with van der Waals surface area (Å²) in [5, 5.41) is 10.4. The van der Waals surface area contributed by atoms with Crippen LogP contribution in [0, 0.1) is 13.8 Å². The summed E-state index contributed by atoms with van der Waals surface area (Å²) in [6, 6.07) is 19.4. The predicted octanol–water partition coefficient (Wildman–Crippen LogP) is 4.69. The molecule has 9 nitrogen and oxygen atoms in total. The van der Waals surface area contributed by atoms with E-state index in [1.165, 1.54) is 6.07 Å². The van der Waals surface area contributed by atoms with Gasteiger partial charge in [-0.3, -0.25) is 4.72 Å². The Kier molecular flexibility index (Phi) is 7.05. The Labute approximate surface area is 227 Å². The summed E-state index contributed by atoms with van der Waals surface area (Å²) in [5.74, 6) is 0.279. The van der Waals surface area contributed by atoms with Gasteiger partial charge < -0.3 is 19.6 Å². The molecular formula is C29H30N4O5S. The monoisotopic (exact) mass is 546 g/mol. The number of carbonyl (C=O) groups is 1. The number of hydrogen-bond donors (Lipinski definition) is 2. The van der Waals surface area contributed by atoms with E-state index in [1.54, 1.807) is 44.4 Å². The van der Waals surface area contributed by atoms with Gasteiger partial charge in [-0.25, -0.2) is 18.2 Å². The van der Waals surface area contributed by atoms with E-state index in [0.29, 0.717) is 35.4 Å². The molecule has 2 heterocycles. The van der Waals surface area contributed by atoms with Crippen LogP contribution in [0.25, 0.3) is 10.9 Å². The first-order valence-corrected chi connectivity index (χ1v) is 14.1. The summed E-state index contributed by atoms with van der Waals surface area (Å²) >= 11 is 0. The van der Waals surface area contributed by atoms with Crippen molar-refractivity contribution in [2.75, 3.05) is 47.8 Å². The number of aromatic nitrogens is 1. The Balaban J connectivity index is 1.41. The topological polar surface area (TPSA) is 112 Å². The Morgan fingerprint density at radius 3 is 2.38 bits per heavy atom. The molecule has 4 aromatic rings. The smallest absolute Gasteiger partial charge is 0.336 e. The lowest BCUT2D eigenvalue weighted by molar-refractivity contribution is 0.0699. The first-order chi connectivity index (χ1) is 18.7. The number of ether oxygens (including phenoxy) is 1. The quantitative estimate of drug-likeness (QED) is 0.344. The zero-order chi connectivity index (χ0) is 27.7. The van der Waals surface area contributed by atoms with Gasteiger partial charge >= 0.3 is 5.97 Å². The highest BCUT2D eigenvalue weighted by molar-refractivity contribution is 7.92. The molecule has 5 rings (SSSR count). The van der Waals surface area contributed by atoms with Gasteiger partial charge in [0.25, 0.3) is 10.0 Å². The minimum Gasteiger partial charge on any atom is -0.495 e. The normalized spacial score (nSPS) is 13.9. The van der Waals surface area contributed by atoms with Crippen LogP contribution in [0.5, 0.6) is 5.75 Å². The molecule has 1 aliphatic heterocycles. The minimum atomic E-state index is -3.87. The van der Waals surface area contributed by atoms with Gasteiger partial charge in [0.15, 0.2) is 0 Å². The number of nitrogens with zero attached hydrogens (tertiary/aromatic N) is 3. The second-order valence-electron chi connectivity index (χ2n) is 9.59. The maximum absolute atomic E-state index is 13.1. The second-order valence-corrected chi connectivity index (χ2v) is 11.2. The van der Waals surface area contributed by atoms with Crippen molar-refractivity contribution in [1.82, 2.24) is 4.98 Å². The van der Waals surface area contributed by atoms with Crippen LogP contribution >= 0.6 is 0 Å². The number of anilines is 3. The van der Waals surface area contributed by atoms with Crippen molar-refractivity contribution in [2.45, 2.75) is 18.7 Å². The van der Waals surface area contributed by atoms with Crippen LogP contribution in [0.4, 0.5) is 17.2 Å². The van der Waals surface area contributed by atoms with E-state index in [1.807, 2.05) is 37.3 Å². The zero-order valence-electron chi connectivity index (χ0n) is 22.0. The fraction of sp³-hybridized carbons (Fsp3) is 0.241. The lowest BCUT2D eigenvalue weighted by atomic mass is 10.1. The fourth-order valence-electron chi connectivity index (χ4n) is 4.89. The van der Waals surface area contributed by atoms with Gasteiger partial charge in [-0.05, 0) is 67.4 Å². The molecule has 0 amide bonds. The zero-order valence-corrected chi connectivity index (χ0v) is 22.8. The number of piperazine rings is 1. The molecule has 3 aromatic carbocycles. The molecular weight excluding hydrogens is 516 g/mol. The number of carboxylic acid groups (broad SMARTS) is 1. The molecule has 1 fully saturated rings. The number of pyridine rings is 1. The van der Waals surface area contributed by atoms with Crippen LogP contribution < -0.4 is 19.3 Å². The van der Waals surface area contributed by atoms with Crippen LogP contribution in [0.15, 0.2) is 71.6 Å². The second kappa shape index (κ2) is 10.5. The largest absolute Gasteiger partial charge is 0.495 e. The van der Waals surface area contributed by atoms with E-state index >= 15 is 0 Å². The predicted molar refractivity (Wildman–Crippen MR) is 153 cm³/mol. The van der Waals surface area contributed by atoms with E-state index in [0.717, 1.165) is 30.1 Å². The summed E-state index contributed by atoms with van der Waals surface area (Å²) in [6.07, 6.45) is 0. The van der Waals surface area contributed by atoms with Gasteiger partial charge in [0.1, 0.15) is 11.6 Å².